The number of hydrogen-bond acceptors (Lipinski definition) is 6. The van der Waals surface area contributed by atoms with E-state index in [2.05, 4.69) is 0 Å². The van der Waals surface area contributed by atoms with E-state index in [1.807, 2.05) is 6.92 Å². The van der Waals surface area contributed by atoms with Crippen LogP contribution in [0.1, 0.15) is 36.5 Å². The summed E-state index contributed by atoms with van der Waals surface area (Å²) in [6.07, 6.45) is 2.68. The second-order valence-corrected chi connectivity index (χ2v) is 9.34. The summed E-state index contributed by atoms with van der Waals surface area (Å²) < 4.78 is 43.3. The number of piperidine rings is 1. The Labute approximate surface area is 187 Å². The van der Waals surface area contributed by atoms with E-state index in [4.69, 9.17) is 25.8 Å². The van der Waals surface area contributed by atoms with Crippen LogP contribution in [-0.4, -0.2) is 51.6 Å². The number of rotatable bonds is 9. The van der Waals surface area contributed by atoms with Crippen LogP contribution in [0.4, 0.5) is 0 Å². The van der Waals surface area contributed by atoms with E-state index in [-0.39, 0.29) is 28.7 Å². The SMILES string of the molecule is CCOc1ccc(OCCOC(=O)c2cc(S(=O)(=O)N3CCCCC3)ccc2Cl)cc1. The molecule has 0 bridgehead atoms. The zero-order valence-electron chi connectivity index (χ0n) is 17.4. The quantitative estimate of drug-likeness (QED) is 0.407. The first-order valence-electron chi connectivity index (χ1n) is 10.2. The molecule has 0 aromatic heterocycles. The third-order valence-corrected chi connectivity index (χ3v) is 7.05. The van der Waals surface area contributed by atoms with Crippen molar-refractivity contribution >= 4 is 27.6 Å². The van der Waals surface area contributed by atoms with Gasteiger partial charge in [-0.2, -0.15) is 4.31 Å². The molecule has 0 spiro atoms. The van der Waals surface area contributed by atoms with E-state index in [1.54, 1.807) is 24.3 Å². The normalized spacial score (nSPS) is 14.8. The molecule has 3 rings (SSSR count). The monoisotopic (exact) mass is 467 g/mol. The lowest BCUT2D eigenvalue weighted by Crippen LogP contribution is -2.35. The molecule has 7 nitrogen and oxygen atoms in total. The maximum atomic E-state index is 12.9. The molecule has 1 aliphatic rings. The van der Waals surface area contributed by atoms with Crippen LogP contribution in [0.5, 0.6) is 11.5 Å². The zero-order chi connectivity index (χ0) is 22.3. The molecule has 1 saturated heterocycles. The standard InChI is InChI=1S/C22H26ClNO6S/c1-2-28-17-6-8-18(9-7-17)29-14-15-30-22(25)20-16-19(10-11-21(20)23)31(26,27)24-12-4-3-5-13-24/h6-11,16H,2-5,12-15H2,1H3. The van der Waals surface area contributed by atoms with Gasteiger partial charge in [0.1, 0.15) is 24.7 Å². The van der Waals surface area contributed by atoms with Crippen LogP contribution < -0.4 is 9.47 Å². The van der Waals surface area contributed by atoms with Gasteiger partial charge < -0.3 is 14.2 Å². The maximum Gasteiger partial charge on any atom is 0.339 e. The van der Waals surface area contributed by atoms with E-state index in [0.29, 0.717) is 25.4 Å². The molecule has 2 aromatic rings. The predicted octanol–water partition coefficient (Wildman–Crippen LogP) is 4.15. The van der Waals surface area contributed by atoms with Crippen molar-refractivity contribution in [2.24, 2.45) is 0 Å². The third-order valence-electron chi connectivity index (χ3n) is 4.83. The van der Waals surface area contributed by atoms with Crippen molar-refractivity contribution in [2.75, 3.05) is 32.9 Å². The molecule has 0 aliphatic carbocycles. The lowest BCUT2D eigenvalue weighted by atomic mass is 10.2. The summed E-state index contributed by atoms with van der Waals surface area (Å²) in [6, 6.07) is 11.2. The molecule has 2 aromatic carbocycles. The van der Waals surface area contributed by atoms with Gasteiger partial charge in [-0.15, -0.1) is 0 Å². The highest BCUT2D eigenvalue weighted by Gasteiger charge is 2.27. The average Bonchev–Trinajstić information content (AvgIpc) is 2.78. The maximum absolute atomic E-state index is 12.9. The Morgan fingerprint density at radius 3 is 2.26 bits per heavy atom. The Morgan fingerprint density at radius 1 is 0.968 bits per heavy atom. The van der Waals surface area contributed by atoms with Crippen molar-refractivity contribution in [3.8, 4) is 11.5 Å². The highest BCUT2D eigenvalue weighted by atomic mass is 35.5. The summed E-state index contributed by atoms with van der Waals surface area (Å²) in [5.74, 6) is 0.665. The number of sulfonamides is 1. The van der Waals surface area contributed by atoms with Crippen molar-refractivity contribution < 1.29 is 27.4 Å². The summed E-state index contributed by atoms with van der Waals surface area (Å²) in [6.45, 7) is 3.58. The molecule has 1 aliphatic heterocycles. The Balaban J connectivity index is 1.58. The van der Waals surface area contributed by atoms with Gasteiger partial charge in [-0.25, -0.2) is 13.2 Å². The van der Waals surface area contributed by atoms with Crippen LogP contribution in [0, 0.1) is 0 Å². The van der Waals surface area contributed by atoms with Crippen molar-refractivity contribution in [1.29, 1.82) is 0 Å². The number of hydrogen-bond donors (Lipinski definition) is 0. The molecule has 0 atom stereocenters. The molecular formula is C22H26ClNO6S. The highest BCUT2D eigenvalue weighted by Crippen LogP contribution is 2.25. The first-order chi connectivity index (χ1) is 14.9. The summed E-state index contributed by atoms with van der Waals surface area (Å²) in [4.78, 5) is 12.5. The summed E-state index contributed by atoms with van der Waals surface area (Å²) in [5, 5.41) is 0.134. The van der Waals surface area contributed by atoms with Crippen LogP contribution in [0.2, 0.25) is 5.02 Å². The molecule has 0 saturated carbocycles. The smallest absolute Gasteiger partial charge is 0.339 e. The van der Waals surface area contributed by atoms with Gasteiger partial charge in [-0.3, -0.25) is 0 Å². The average molecular weight is 468 g/mol. The van der Waals surface area contributed by atoms with Crippen LogP contribution in [0.25, 0.3) is 0 Å². The number of benzene rings is 2. The van der Waals surface area contributed by atoms with Crippen molar-refractivity contribution in [3.05, 3.63) is 53.1 Å². The molecule has 1 fully saturated rings. The molecule has 168 valence electrons. The van der Waals surface area contributed by atoms with Gasteiger partial charge in [0.2, 0.25) is 10.0 Å². The molecule has 9 heteroatoms. The fourth-order valence-electron chi connectivity index (χ4n) is 3.25. The fraction of sp³-hybridized carbons (Fsp3) is 0.409. The molecule has 31 heavy (non-hydrogen) atoms. The summed E-state index contributed by atoms with van der Waals surface area (Å²) in [5.41, 5.74) is 0.0146. The number of halogens is 1. The molecule has 0 radical (unpaired) electrons. The van der Waals surface area contributed by atoms with Gasteiger partial charge in [0, 0.05) is 13.1 Å². The number of ether oxygens (including phenoxy) is 3. The van der Waals surface area contributed by atoms with Crippen molar-refractivity contribution in [3.63, 3.8) is 0 Å². The summed E-state index contributed by atoms with van der Waals surface area (Å²) in [7, 11) is -3.67. The Morgan fingerprint density at radius 2 is 1.61 bits per heavy atom. The van der Waals surface area contributed by atoms with E-state index >= 15 is 0 Å². The molecule has 0 amide bonds. The topological polar surface area (TPSA) is 82.1 Å². The van der Waals surface area contributed by atoms with E-state index in [0.717, 1.165) is 25.0 Å². The molecular weight excluding hydrogens is 442 g/mol. The van der Waals surface area contributed by atoms with Gasteiger partial charge in [0.15, 0.2) is 0 Å². The predicted molar refractivity (Wildman–Crippen MR) is 117 cm³/mol. The van der Waals surface area contributed by atoms with E-state index in [9.17, 15) is 13.2 Å². The van der Waals surface area contributed by atoms with Gasteiger partial charge in [-0.1, -0.05) is 18.0 Å². The third kappa shape index (κ3) is 6.12. The Kier molecular flexibility index (Phi) is 8.17. The Bertz CT molecular complexity index is 988. The second kappa shape index (κ2) is 10.8. The number of esters is 1. The van der Waals surface area contributed by atoms with Gasteiger partial charge in [0.05, 0.1) is 22.1 Å². The van der Waals surface area contributed by atoms with Crippen LogP contribution in [0.3, 0.4) is 0 Å². The van der Waals surface area contributed by atoms with E-state index in [1.165, 1.54) is 22.5 Å². The van der Waals surface area contributed by atoms with Gasteiger partial charge in [-0.05, 0) is 62.2 Å². The molecule has 0 unspecified atom stereocenters. The van der Waals surface area contributed by atoms with Crippen LogP contribution >= 0.6 is 11.6 Å². The number of carbonyl (C=O) groups is 1. The minimum absolute atomic E-state index is 0.00846. The minimum atomic E-state index is -3.67. The minimum Gasteiger partial charge on any atom is -0.494 e. The molecule has 0 N–H and O–H groups in total. The first-order valence-corrected chi connectivity index (χ1v) is 12.1. The second-order valence-electron chi connectivity index (χ2n) is 7.00. The lowest BCUT2D eigenvalue weighted by Gasteiger charge is -2.26. The first kappa shape index (κ1) is 23.4. The number of nitrogens with zero attached hydrogens (tertiary/aromatic N) is 1. The lowest BCUT2D eigenvalue weighted by molar-refractivity contribution is 0.0450. The van der Waals surface area contributed by atoms with Crippen LogP contribution in [-0.2, 0) is 14.8 Å². The molecule has 1 heterocycles. The van der Waals surface area contributed by atoms with Crippen molar-refractivity contribution in [2.45, 2.75) is 31.1 Å². The van der Waals surface area contributed by atoms with Crippen molar-refractivity contribution in [1.82, 2.24) is 4.31 Å². The number of carbonyl (C=O) groups excluding carboxylic acids is 1. The fourth-order valence-corrected chi connectivity index (χ4v) is 4.98. The van der Waals surface area contributed by atoms with Gasteiger partial charge >= 0.3 is 5.97 Å². The highest BCUT2D eigenvalue weighted by molar-refractivity contribution is 7.89. The zero-order valence-corrected chi connectivity index (χ0v) is 19.0. The van der Waals surface area contributed by atoms with Gasteiger partial charge in [0.25, 0.3) is 0 Å². The summed E-state index contributed by atoms with van der Waals surface area (Å²) >= 11 is 6.12. The Hall–Kier alpha value is -2.29. The van der Waals surface area contributed by atoms with Crippen LogP contribution in [0.15, 0.2) is 47.4 Å². The van der Waals surface area contributed by atoms with E-state index < -0.39 is 16.0 Å². The largest absolute Gasteiger partial charge is 0.494 e.